The average Bonchev–Trinajstić information content (AvgIpc) is 3.45. The third-order valence-electron chi connectivity index (χ3n) is 5.44. The summed E-state index contributed by atoms with van der Waals surface area (Å²) >= 11 is 0. The molecule has 0 aliphatic carbocycles. The van der Waals surface area contributed by atoms with Crippen molar-refractivity contribution >= 4 is 0 Å². The van der Waals surface area contributed by atoms with Crippen molar-refractivity contribution in [1.29, 1.82) is 0 Å². The first kappa shape index (κ1) is 21.8. The molecule has 3 aromatic heterocycles. The molecule has 0 unspecified atom stereocenters. The molecule has 32 heavy (non-hydrogen) atoms. The summed E-state index contributed by atoms with van der Waals surface area (Å²) in [6.45, 7) is 9.61. The standard InChI is InChI=1S/C24H30N8/c1-5-6-7-14-32-21(26-23(29-32)24(2,3)4)15-17-8-10-18(11-9-17)19-12-13-25-16-20(19)22-27-30-31-28-22/h8-13,16H,5-7,14-15H2,1-4H3,(H,27,28,30,31). The van der Waals surface area contributed by atoms with E-state index in [1.54, 1.807) is 12.4 Å². The van der Waals surface area contributed by atoms with Crippen molar-refractivity contribution in [1.82, 2.24) is 40.4 Å². The Bertz CT molecular complexity index is 1140. The molecule has 0 amide bonds. The maximum atomic E-state index is 4.90. The SMILES string of the molecule is CCCCCn1nc(C(C)(C)C)nc1Cc1ccc(-c2ccncc2-c2nnn[nH]2)cc1. The number of aromatic amines is 1. The van der Waals surface area contributed by atoms with Gasteiger partial charge < -0.3 is 0 Å². The Kier molecular flexibility index (Phi) is 6.39. The first-order valence-electron chi connectivity index (χ1n) is 11.2. The molecule has 0 aliphatic heterocycles. The van der Waals surface area contributed by atoms with Crippen LogP contribution in [0.3, 0.4) is 0 Å². The van der Waals surface area contributed by atoms with Gasteiger partial charge in [-0.05, 0) is 39.6 Å². The first-order chi connectivity index (χ1) is 15.5. The van der Waals surface area contributed by atoms with Crippen LogP contribution in [-0.4, -0.2) is 40.4 Å². The largest absolute Gasteiger partial charge is 0.264 e. The number of nitrogens with one attached hydrogen (secondary N) is 1. The predicted octanol–water partition coefficient (Wildman–Crippen LogP) is 4.60. The molecular weight excluding hydrogens is 400 g/mol. The second kappa shape index (κ2) is 9.38. The number of rotatable bonds is 8. The molecule has 0 saturated heterocycles. The Morgan fingerprint density at radius 1 is 1.00 bits per heavy atom. The number of benzene rings is 1. The molecule has 1 N–H and O–H groups in total. The Labute approximate surface area is 188 Å². The highest BCUT2D eigenvalue weighted by Gasteiger charge is 2.22. The number of nitrogens with zero attached hydrogens (tertiary/aromatic N) is 7. The lowest BCUT2D eigenvalue weighted by atomic mass is 9.96. The molecule has 0 saturated carbocycles. The second-order valence-corrected chi connectivity index (χ2v) is 9.08. The van der Waals surface area contributed by atoms with Gasteiger partial charge in [-0.15, -0.1) is 5.10 Å². The maximum absolute atomic E-state index is 4.90. The van der Waals surface area contributed by atoms with E-state index >= 15 is 0 Å². The molecule has 0 fully saturated rings. The van der Waals surface area contributed by atoms with Crippen molar-refractivity contribution in [3.8, 4) is 22.5 Å². The molecule has 1 aromatic carbocycles. The van der Waals surface area contributed by atoms with Crippen LogP contribution in [0.2, 0.25) is 0 Å². The number of tetrazole rings is 1. The van der Waals surface area contributed by atoms with Crippen molar-refractivity contribution in [3.63, 3.8) is 0 Å². The third kappa shape index (κ3) is 4.90. The fourth-order valence-corrected chi connectivity index (χ4v) is 3.61. The summed E-state index contributed by atoms with van der Waals surface area (Å²) < 4.78 is 2.10. The van der Waals surface area contributed by atoms with E-state index in [0.717, 1.165) is 47.7 Å². The molecule has 3 heterocycles. The Balaban J connectivity index is 1.58. The van der Waals surface area contributed by atoms with Crippen LogP contribution < -0.4 is 0 Å². The average molecular weight is 431 g/mol. The fraction of sp³-hybridized carbons (Fsp3) is 0.417. The number of hydrogen-bond acceptors (Lipinski definition) is 6. The van der Waals surface area contributed by atoms with Gasteiger partial charge in [-0.2, -0.15) is 5.10 Å². The van der Waals surface area contributed by atoms with E-state index in [4.69, 9.17) is 10.1 Å². The maximum Gasteiger partial charge on any atom is 0.181 e. The number of aromatic nitrogens is 8. The van der Waals surface area contributed by atoms with E-state index in [0.29, 0.717) is 5.82 Å². The number of pyridine rings is 1. The number of hydrogen-bond donors (Lipinski definition) is 1. The lowest BCUT2D eigenvalue weighted by molar-refractivity contribution is 0.503. The minimum Gasteiger partial charge on any atom is -0.264 e. The fourth-order valence-electron chi connectivity index (χ4n) is 3.61. The molecule has 0 radical (unpaired) electrons. The van der Waals surface area contributed by atoms with Crippen molar-refractivity contribution < 1.29 is 0 Å². The summed E-state index contributed by atoms with van der Waals surface area (Å²) in [5, 5.41) is 19.1. The molecule has 8 heteroatoms. The van der Waals surface area contributed by atoms with Gasteiger partial charge >= 0.3 is 0 Å². The van der Waals surface area contributed by atoms with E-state index in [1.807, 2.05) is 6.07 Å². The highest BCUT2D eigenvalue weighted by Crippen LogP contribution is 2.29. The smallest absolute Gasteiger partial charge is 0.181 e. The van der Waals surface area contributed by atoms with Crippen LogP contribution >= 0.6 is 0 Å². The molecule has 4 rings (SSSR count). The molecule has 0 bridgehead atoms. The molecule has 8 nitrogen and oxygen atoms in total. The number of H-pyrrole nitrogens is 1. The Morgan fingerprint density at radius 2 is 1.81 bits per heavy atom. The van der Waals surface area contributed by atoms with Gasteiger partial charge in [0.05, 0.1) is 0 Å². The highest BCUT2D eigenvalue weighted by atomic mass is 15.5. The summed E-state index contributed by atoms with van der Waals surface area (Å²) in [6, 6.07) is 10.5. The van der Waals surface area contributed by atoms with E-state index < -0.39 is 0 Å². The zero-order valence-electron chi connectivity index (χ0n) is 19.2. The summed E-state index contributed by atoms with van der Waals surface area (Å²) in [5.41, 5.74) is 4.12. The topological polar surface area (TPSA) is 98.1 Å². The van der Waals surface area contributed by atoms with Gasteiger partial charge in [-0.3, -0.25) is 4.98 Å². The summed E-state index contributed by atoms with van der Waals surface area (Å²) in [5.74, 6) is 2.53. The number of unbranched alkanes of at least 4 members (excludes halogenated alkanes) is 2. The molecular formula is C24H30N8. The minimum atomic E-state index is -0.0675. The van der Waals surface area contributed by atoms with Gasteiger partial charge in [-0.1, -0.05) is 64.8 Å². The lowest BCUT2D eigenvalue weighted by Crippen LogP contribution is -2.14. The van der Waals surface area contributed by atoms with E-state index in [2.05, 4.69) is 82.3 Å². The second-order valence-electron chi connectivity index (χ2n) is 9.08. The minimum absolute atomic E-state index is 0.0675. The monoisotopic (exact) mass is 430 g/mol. The molecule has 166 valence electrons. The summed E-state index contributed by atoms with van der Waals surface area (Å²) in [7, 11) is 0. The Morgan fingerprint density at radius 3 is 2.50 bits per heavy atom. The quantitative estimate of drug-likeness (QED) is 0.410. The van der Waals surface area contributed by atoms with E-state index in [1.165, 1.54) is 18.4 Å². The van der Waals surface area contributed by atoms with Gasteiger partial charge in [0.25, 0.3) is 0 Å². The van der Waals surface area contributed by atoms with Gasteiger partial charge in [0.15, 0.2) is 11.6 Å². The van der Waals surface area contributed by atoms with Crippen molar-refractivity contribution in [3.05, 3.63) is 59.9 Å². The van der Waals surface area contributed by atoms with Gasteiger partial charge in [0.1, 0.15) is 5.82 Å². The van der Waals surface area contributed by atoms with Crippen LogP contribution in [0.4, 0.5) is 0 Å². The number of aryl methyl sites for hydroxylation is 1. The van der Waals surface area contributed by atoms with E-state index in [-0.39, 0.29) is 5.41 Å². The van der Waals surface area contributed by atoms with Crippen LogP contribution in [0.25, 0.3) is 22.5 Å². The van der Waals surface area contributed by atoms with Crippen LogP contribution in [0, 0.1) is 0 Å². The van der Waals surface area contributed by atoms with Gasteiger partial charge in [0.2, 0.25) is 0 Å². The van der Waals surface area contributed by atoms with Crippen molar-refractivity contribution in [2.45, 2.75) is 65.3 Å². The molecule has 0 aliphatic rings. The lowest BCUT2D eigenvalue weighted by Gasteiger charge is -2.12. The zero-order chi connectivity index (χ0) is 22.6. The predicted molar refractivity (Wildman–Crippen MR) is 124 cm³/mol. The van der Waals surface area contributed by atoms with Crippen LogP contribution in [0.15, 0.2) is 42.7 Å². The third-order valence-corrected chi connectivity index (χ3v) is 5.44. The highest BCUT2D eigenvalue weighted by molar-refractivity contribution is 5.79. The van der Waals surface area contributed by atoms with Gasteiger partial charge in [0, 0.05) is 36.3 Å². The molecule has 4 aromatic rings. The van der Waals surface area contributed by atoms with Crippen LogP contribution in [0.1, 0.15) is 64.2 Å². The molecule has 0 spiro atoms. The van der Waals surface area contributed by atoms with Crippen molar-refractivity contribution in [2.24, 2.45) is 0 Å². The summed E-state index contributed by atoms with van der Waals surface area (Å²) in [6.07, 6.45) is 7.83. The van der Waals surface area contributed by atoms with Crippen molar-refractivity contribution in [2.75, 3.05) is 0 Å². The summed E-state index contributed by atoms with van der Waals surface area (Å²) in [4.78, 5) is 9.13. The van der Waals surface area contributed by atoms with Crippen LogP contribution in [-0.2, 0) is 18.4 Å². The first-order valence-corrected chi connectivity index (χ1v) is 11.2. The van der Waals surface area contributed by atoms with E-state index in [9.17, 15) is 0 Å². The normalized spacial score (nSPS) is 11.8. The van der Waals surface area contributed by atoms with Gasteiger partial charge in [-0.25, -0.2) is 14.8 Å². The zero-order valence-corrected chi connectivity index (χ0v) is 19.2. The molecule has 0 atom stereocenters. The van der Waals surface area contributed by atoms with Crippen LogP contribution in [0.5, 0.6) is 0 Å². The Hall–Kier alpha value is -3.42.